The zero-order chi connectivity index (χ0) is 40.0. The van der Waals surface area contributed by atoms with E-state index in [4.69, 9.17) is 15.9 Å². The summed E-state index contributed by atoms with van der Waals surface area (Å²) in [6.45, 7) is 0.169. The van der Waals surface area contributed by atoms with Crippen molar-refractivity contribution >= 4 is 63.2 Å². The molecule has 0 fully saturated rings. The SMILES string of the molecule is CSCC[C@H](NC(=O)[C@H](CCCCNC(=O)c1cc2ccccc2oc1=O)NC(=O)[C@@H](N)Cc1c[nH]c2ccccc12)C(=O)N[C@@H](Cc1ccccc1)C(N)=O. The predicted molar refractivity (Wildman–Crippen MR) is 217 cm³/mol. The van der Waals surface area contributed by atoms with Crippen LogP contribution in [0.25, 0.3) is 21.9 Å². The van der Waals surface area contributed by atoms with Gasteiger partial charge in [0.1, 0.15) is 29.3 Å². The van der Waals surface area contributed by atoms with Crippen LogP contribution in [0.15, 0.2) is 100 Å². The monoisotopic (exact) mass is 781 g/mol. The topological polar surface area (TPSA) is 232 Å². The number of aromatic nitrogens is 1. The largest absolute Gasteiger partial charge is 0.422 e. The minimum Gasteiger partial charge on any atom is -0.422 e. The lowest BCUT2D eigenvalue weighted by Gasteiger charge is -2.25. The third kappa shape index (κ3) is 11.3. The molecule has 5 amide bonds. The highest BCUT2D eigenvalue weighted by atomic mass is 32.2. The van der Waals surface area contributed by atoms with E-state index >= 15 is 0 Å². The molecule has 3 aromatic carbocycles. The first-order valence-electron chi connectivity index (χ1n) is 18.4. The normalized spacial score (nSPS) is 13.3. The maximum atomic E-state index is 13.9. The van der Waals surface area contributed by atoms with E-state index in [0.29, 0.717) is 29.6 Å². The number of primary amides is 1. The Hall–Kier alpha value is -5.93. The number of nitrogens with two attached hydrogens (primary N) is 2. The van der Waals surface area contributed by atoms with Crippen molar-refractivity contribution in [3.8, 4) is 0 Å². The van der Waals surface area contributed by atoms with Gasteiger partial charge < -0.3 is 42.1 Å². The van der Waals surface area contributed by atoms with E-state index in [9.17, 15) is 28.8 Å². The molecule has 2 heterocycles. The van der Waals surface area contributed by atoms with Crippen molar-refractivity contribution < 1.29 is 28.4 Å². The van der Waals surface area contributed by atoms with Gasteiger partial charge >= 0.3 is 5.63 Å². The molecule has 15 heteroatoms. The molecule has 4 atom stereocenters. The highest BCUT2D eigenvalue weighted by Gasteiger charge is 2.30. The number of para-hydroxylation sites is 2. The second-order valence-corrected chi connectivity index (χ2v) is 14.4. The number of amides is 5. The number of nitrogens with one attached hydrogen (secondary N) is 5. The van der Waals surface area contributed by atoms with Gasteiger partial charge in [-0.2, -0.15) is 11.8 Å². The minimum atomic E-state index is -1.10. The van der Waals surface area contributed by atoms with Crippen molar-refractivity contribution in [2.24, 2.45) is 11.5 Å². The summed E-state index contributed by atoms with van der Waals surface area (Å²) in [7, 11) is 0. The van der Waals surface area contributed by atoms with Crippen molar-refractivity contribution in [3.63, 3.8) is 0 Å². The van der Waals surface area contributed by atoms with Crippen LogP contribution in [0.3, 0.4) is 0 Å². The quantitative estimate of drug-likeness (QED) is 0.0454. The summed E-state index contributed by atoms with van der Waals surface area (Å²) in [6.07, 6.45) is 5.17. The molecule has 56 heavy (non-hydrogen) atoms. The fourth-order valence-electron chi connectivity index (χ4n) is 6.29. The first-order valence-corrected chi connectivity index (χ1v) is 19.8. The maximum absolute atomic E-state index is 13.9. The Labute approximate surface area is 327 Å². The minimum absolute atomic E-state index is 0.130. The molecule has 0 aliphatic heterocycles. The summed E-state index contributed by atoms with van der Waals surface area (Å²) >= 11 is 1.48. The van der Waals surface area contributed by atoms with Crippen molar-refractivity contribution in [3.05, 3.63) is 118 Å². The van der Waals surface area contributed by atoms with Gasteiger partial charge in [-0.25, -0.2) is 4.79 Å². The number of unbranched alkanes of at least 4 members (excludes halogenated alkanes) is 1. The summed E-state index contributed by atoms with van der Waals surface area (Å²) in [5, 5.41) is 12.5. The number of benzene rings is 3. The van der Waals surface area contributed by atoms with Gasteiger partial charge in [0, 0.05) is 35.5 Å². The summed E-state index contributed by atoms with van der Waals surface area (Å²) in [5.74, 6) is -2.57. The molecule has 0 spiro atoms. The Kier molecular flexibility index (Phi) is 14.8. The van der Waals surface area contributed by atoms with E-state index < -0.39 is 59.3 Å². The number of aromatic amines is 1. The molecule has 0 aliphatic carbocycles. The number of hydrogen-bond acceptors (Lipinski definition) is 9. The van der Waals surface area contributed by atoms with Crippen molar-refractivity contribution in [2.45, 2.75) is 62.7 Å². The summed E-state index contributed by atoms with van der Waals surface area (Å²) in [5.41, 5.74) is 14.0. The lowest BCUT2D eigenvalue weighted by Crippen LogP contribution is -2.58. The maximum Gasteiger partial charge on any atom is 0.349 e. The van der Waals surface area contributed by atoms with Crippen LogP contribution in [0, 0.1) is 0 Å². The van der Waals surface area contributed by atoms with Crippen LogP contribution in [0.1, 0.15) is 47.2 Å². The van der Waals surface area contributed by atoms with E-state index in [2.05, 4.69) is 26.3 Å². The molecule has 0 bridgehead atoms. The van der Waals surface area contributed by atoms with Crippen LogP contribution >= 0.6 is 11.8 Å². The summed E-state index contributed by atoms with van der Waals surface area (Å²) in [6, 6.07) is 20.9. The standard InChI is InChI=1S/C41H47N7O7S/c1-56-20-18-33(40(53)48-34(36(43)49)21-25-11-3-2-4-12-25)47-39(52)32(46-38(51)30(42)23-27-24-45-31-15-7-6-14-28(27)31)16-9-10-19-44-37(50)29-22-26-13-5-8-17-35(26)55-41(29)54/h2-8,11-15,17,22,24,30,32-34,45H,9-10,16,18-21,23,42H2,1H3,(H2,43,49)(H,44,50)(H,46,51)(H,47,52)(H,48,53)/t30-,32-,33-,34-/m0/s1. The molecule has 9 N–H and O–H groups in total. The molecule has 0 saturated heterocycles. The van der Waals surface area contributed by atoms with E-state index in [-0.39, 0.29) is 37.8 Å². The van der Waals surface area contributed by atoms with Crippen LogP contribution in [0.4, 0.5) is 0 Å². The number of carbonyl (C=O) groups excluding carboxylic acids is 5. The molecule has 0 unspecified atom stereocenters. The van der Waals surface area contributed by atoms with Gasteiger partial charge in [-0.15, -0.1) is 0 Å². The van der Waals surface area contributed by atoms with Gasteiger partial charge in [-0.05, 0) is 73.4 Å². The van der Waals surface area contributed by atoms with E-state index in [0.717, 1.165) is 22.0 Å². The number of carbonyl (C=O) groups is 5. The van der Waals surface area contributed by atoms with Crippen LogP contribution in [-0.4, -0.2) is 77.2 Å². The Balaban J connectivity index is 1.25. The van der Waals surface area contributed by atoms with Gasteiger partial charge in [0.15, 0.2) is 0 Å². The molecule has 0 radical (unpaired) electrons. The third-order valence-electron chi connectivity index (χ3n) is 9.36. The Morgan fingerprint density at radius 2 is 1.45 bits per heavy atom. The average molecular weight is 782 g/mol. The van der Waals surface area contributed by atoms with Crippen LogP contribution in [-0.2, 0) is 32.0 Å². The Morgan fingerprint density at radius 1 is 0.786 bits per heavy atom. The molecule has 0 aliphatic rings. The van der Waals surface area contributed by atoms with Crippen LogP contribution in [0.5, 0.6) is 0 Å². The molecule has 0 saturated carbocycles. The zero-order valence-electron chi connectivity index (χ0n) is 31.0. The summed E-state index contributed by atoms with van der Waals surface area (Å²) in [4.78, 5) is 81.8. The number of hydrogen-bond donors (Lipinski definition) is 7. The van der Waals surface area contributed by atoms with Crippen molar-refractivity contribution in [2.75, 3.05) is 18.6 Å². The highest BCUT2D eigenvalue weighted by Crippen LogP contribution is 2.19. The third-order valence-corrected chi connectivity index (χ3v) is 10.0. The summed E-state index contributed by atoms with van der Waals surface area (Å²) < 4.78 is 5.28. The Bertz CT molecular complexity index is 2210. The van der Waals surface area contributed by atoms with Crippen LogP contribution < -0.4 is 38.4 Å². The molecule has 5 rings (SSSR count). The second kappa shape index (κ2) is 20.1. The molecular formula is C41H47N7O7S. The second-order valence-electron chi connectivity index (χ2n) is 13.5. The van der Waals surface area contributed by atoms with Crippen molar-refractivity contribution in [1.29, 1.82) is 0 Å². The molecule has 294 valence electrons. The van der Waals surface area contributed by atoms with Crippen molar-refractivity contribution in [1.82, 2.24) is 26.3 Å². The Morgan fingerprint density at radius 3 is 2.20 bits per heavy atom. The molecule has 5 aromatic rings. The van der Waals surface area contributed by atoms with Crippen LogP contribution in [0.2, 0.25) is 0 Å². The lowest BCUT2D eigenvalue weighted by atomic mass is 10.0. The fourth-order valence-corrected chi connectivity index (χ4v) is 6.76. The molecular weight excluding hydrogens is 735 g/mol. The average Bonchev–Trinajstić information content (AvgIpc) is 3.60. The number of rotatable bonds is 20. The van der Waals surface area contributed by atoms with E-state index in [1.54, 1.807) is 30.5 Å². The molecule has 2 aromatic heterocycles. The number of thioether (sulfide) groups is 1. The van der Waals surface area contributed by atoms with Gasteiger partial charge in [0.05, 0.1) is 6.04 Å². The van der Waals surface area contributed by atoms with Gasteiger partial charge in [0.25, 0.3) is 5.91 Å². The number of H-pyrrole nitrogens is 1. The van der Waals surface area contributed by atoms with E-state index in [1.165, 1.54) is 17.8 Å². The lowest BCUT2D eigenvalue weighted by molar-refractivity contribution is -0.133. The fraction of sp³-hybridized carbons (Fsp3) is 0.317. The van der Waals surface area contributed by atoms with Gasteiger partial charge in [-0.1, -0.05) is 66.7 Å². The van der Waals surface area contributed by atoms with E-state index in [1.807, 2.05) is 60.9 Å². The van der Waals surface area contributed by atoms with Gasteiger partial charge in [0.2, 0.25) is 23.6 Å². The predicted octanol–water partition coefficient (Wildman–Crippen LogP) is 2.68. The first-order chi connectivity index (χ1) is 27.0. The zero-order valence-corrected chi connectivity index (χ0v) is 31.9. The number of fused-ring (bicyclic) bond motifs is 2. The smallest absolute Gasteiger partial charge is 0.349 e. The highest BCUT2D eigenvalue weighted by molar-refractivity contribution is 7.98. The molecule has 14 nitrogen and oxygen atoms in total. The van der Waals surface area contributed by atoms with Gasteiger partial charge in [-0.3, -0.25) is 24.0 Å². The first kappa shape index (κ1) is 41.2.